The lowest BCUT2D eigenvalue weighted by atomic mass is 10.2. The smallest absolute Gasteiger partial charge is 0.338 e. The Morgan fingerprint density at radius 1 is 0.941 bits per heavy atom. The van der Waals surface area contributed by atoms with Crippen LogP contribution < -0.4 is 9.54 Å². The van der Waals surface area contributed by atoms with E-state index in [0.717, 1.165) is 12.8 Å². The first kappa shape index (κ1) is 25.2. The fraction of sp³-hybridized carbons (Fsp3) is 0.360. The van der Waals surface area contributed by atoms with Crippen LogP contribution in [-0.2, 0) is 20.8 Å². The molecule has 1 aromatic heterocycles. The number of carbonyl (C=O) groups is 3. The fourth-order valence-electron chi connectivity index (χ4n) is 3.17. The van der Waals surface area contributed by atoms with Gasteiger partial charge in [0.2, 0.25) is 0 Å². The first-order chi connectivity index (χ1) is 16.5. The summed E-state index contributed by atoms with van der Waals surface area (Å²) >= 11 is 1.21. The number of rotatable bonds is 10. The molecule has 0 spiro atoms. The summed E-state index contributed by atoms with van der Waals surface area (Å²) in [7, 11) is 0. The Morgan fingerprint density at radius 2 is 1.65 bits per heavy atom. The maximum atomic E-state index is 12.9. The molecule has 0 radical (unpaired) electrons. The average Bonchev–Trinajstić information content (AvgIpc) is 3.15. The lowest BCUT2D eigenvalue weighted by Crippen LogP contribution is -2.23. The van der Waals surface area contributed by atoms with E-state index in [9.17, 15) is 14.4 Å². The minimum Gasteiger partial charge on any atom is -0.494 e. The molecular weight excluding hydrogens is 456 g/mol. The summed E-state index contributed by atoms with van der Waals surface area (Å²) in [5.41, 5.74) is 1.45. The SMILES string of the molecule is CCCCOc1ccc(C(=O)N=c2sc3cc(C(=O)OCC)ccc3n2CC(=O)OCC)cc1. The topological polar surface area (TPSA) is 96.2 Å². The fourth-order valence-corrected chi connectivity index (χ4v) is 4.24. The largest absolute Gasteiger partial charge is 0.494 e. The highest BCUT2D eigenvalue weighted by Gasteiger charge is 2.15. The third-order valence-electron chi connectivity index (χ3n) is 4.85. The number of unbranched alkanes of at least 4 members (excludes halogenated alkanes) is 1. The molecule has 3 aromatic rings. The van der Waals surface area contributed by atoms with Crippen LogP contribution in [0.5, 0.6) is 5.75 Å². The number of aromatic nitrogens is 1. The van der Waals surface area contributed by atoms with E-state index in [1.54, 1.807) is 60.9 Å². The van der Waals surface area contributed by atoms with Gasteiger partial charge in [-0.3, -0.25) is 9.59 Å². The Bertz CT molecular complexity index is 1230. The molecule has 180 valence electrons. The summed E-state index contributed by atoms with van der Waals surface area (Å²) < 4.78 is 18.1. The van der Waals surface area contributed by atoms with Crippen LogP contribution in [-0.4, -0.2) is 42.2 Å². The standard InChI is InChI=1S/C25H28N2O6S/c1-4-7-14-33-19-11-8-17(9-12-19)23(29)26-25-27(16-22(28)31-5-2)20-13-10-18(15-21(20)34-25)24(30)32-6-3/h8-13,15H,4-7,14,16H2,1-3H3. The Kier molecular flexibility index (Phi) is 8.98. The minimum absolute atomic E-state index is 0.108. The van der Waals surface area contributed by atoms with Crippen LogP contribution in [0.4, 0.5) is 0 Å². The van der Waals surface area contributed by atoms with E-state index in [1.165, 1.54) is 11.3 Å². The van der Waals surface area contributed by atoms with Gasteiger partial charge in [-0.05, 0) is 62.7 Å². The van der Waals surface area contributed by atoms with Crippen molar-refractivity contribution in [3.05, 3.63) is 58.4 Å². The molecule has 0 aliphatic rings. The van der Waals surface area contributed by atoms with Gasteiger partial charge in [0.1, 0.15) is 12.3 Å². The Hall–Kier alpha value is -3.46. The number of fused-ring (bicyclic) bond motifs is 1. The van der Waals surface area contributed by atoms with Crippen molar-refractivity contribution in [2.45, 2.75) is 40.2 Å². The van der Waals surface area contributed by atoms with E-state index < -0.39 is 17.8 Å². The van der Waals surface area contributed by atoms with Gasteiger partial charge in [-0.25, -0.2) is 4.79 Å². The summed E-state index contributed by atoms with van der Waals surface area (Å²) in [5.74, 6) is -0.643. The molecule has 0 N–H and O–H groups in total. The van der Waals surface area contributed by atoms with E-state index >= 15 is 0 Å². The molecule has 34 heavy (non-hydrogen) atoms. The second-order valence-corrected chi connectivity index (χ2v) is 8.33. The van der Waals surface area contributed by atoms with Crippen LogP contribution in [0.3, 0.4) is 0 Å². The molecule has 1 amide bonds. The van der Waals surface area contributed by atoms with Crippen LogP contribution in [0.15, 0.2) is 47.5 Å². The van der Waals surface area contributed by atoms with Crippen molar-refractivity contribution in [1.82, 2.24) is 4.57 Å². The zero-order valence-electron chi connectivity index (χ0n) is 19.5. The van der Waals surface area contributed by atoms with Gasteiger partial charge >= 0.3 is 11.9 Å². The number of thiazole rings is 1. The molecule has 0 saturated heterocycles. The van der Waals surface area contributed by atoms with Crippen molar-refractivity contribution in [3.63, 3.8) is 0 Å². The zero-order valence-corrected chi connectivity index (χ0v) is 20.4. The predicted molar refractivity (Wildman–Crippen MR) is 129 cm³/mol. The first-order valence-corrected chi connectivity index (χ1v) is 12.1. The first-order valence-electron chi connectivity index (χ1n) is 11.2. The molecular formula is C25H28N2O6S. The molecule has 8 nitrogen and oxygen atoms in total. The highest BCUT2D eigenvalue weighted by atomic mass is 32.1. The molecule has 2 aromatic carbocycles. The van der Waals surface area contributed by atoms with E-state index in [-0.39, 0.29) is 19.8 Å². The summed E-state index contributed by atoms with van der Waals surface area (Å²) in [6.45, 7) is 6.58. The molecule has 0 aliphatic carbocycles. The molecule has 9 heteroatoms. The summed E-state index contributed by atoms with van der Waals surface area (Å²) in [6.07, 6.45) is 2.00. The van der Waals surface area contributed by atoms with Gasteiger partial charge in [0.25, 0.3) is 5.91 Å². The summed E-state index contributed by atoms with van der Waals surface area (Å²) in [4.78, 5) is 41.8. The van der Waals surface area contributed by atoms with E-state index in [0.29, 0.717) is 38.5 Å². The van der Waals surface area contributed by atoms with Gasteiger partial charge < -0.3 is 18.8 Å². The van der Waals surface area contributed by atoms with E-state index in [4.69, 9.17) is 14.2 Å². The van der Waals surface area contributed by atoms with Gasteiger partial charge in [0, 0.05) is 5.56 Å². The number of nitrogens with zero attached hydrogens (tertiary/aromatic N) is 2. The number of ether oxygens (including phenoxy) is 3. The van der Waals surface area contributed by atoms with Crippen molar-refractivity contribution in [1.29, 1.82) is 0 Å². The second-order valence-electron chi connectivity index (χ2n) is 7.32. The van der Waals surface area contributed by atoms with Crippen molar-refractivity contribution >= 4 is 39.4 Å². The zero-order chi connectivity index (χ0) is 24.5. The van der Waals surface area contributed by atoms with Crippen LogP contribution in [0.25, 0.3) is 10.2 Å². The van der Waals surface area contributed by atoms with Crippen LogP contribution >= 0.6 is 11.3 Å². The Morgan fingerprint density at radius 3 is 2.32 bits per heavy atom. The second kappa shape index (κ2) is 12.1. The molecule has 3 rings (SSSR count). The van der Waals surface area contributed by atoms with Crippen LogP contribution in [0.1, 0.15) is 54.3 Å². The highest BCUT2D eigenvalue weighted by Crippen LogP contribution is 2.21. The van der Waals surface area contributed by atoms with Crippen molar-refractivity contribution in [2.75, 3.05) is 19.8 Å². The lowest BCUT2D eigenvalue weighted by Gasteiger charge is -2.06. The number of carbonyl (C=O) groups excluding carboxylic acids is 3. The third-order valence-corrected chi connectivity index (χ3v) is 5.89. The quantitative estimate of drug-likeness (QED) is 0.313. The highest BCUT2D eigenvalue weighted by molar-refractivity contribution is 7.16. The number of amides is 1. The van der Waals surface area contributed by atoms with Gasteiger partial charge in [-0.2, -0.15) is 4.99 Å². The molecule has 0 saturated carbocycles. The molecule has 0 atom stereocenters. The van der Waals surface area contributed by atoms with Crippen LogP contribution in [0, 0.1) is 0 Å². The molecule has 1 heterocycles. The van der Waals surface area contributed by atoms with Crippen molar-refractivity contribution in [3.8, 4) is 5.75 Å². The minimum atomic E-state index is -0.449. The predicted octanol–water partition coefficient (Wildman–Crippen LogP) is 4.36. The molecule has 0 bridgehead atoms. The maximum absolute atomic E-state index is 12.9. The summed E-state index contributed by atoms with van der Waals surface area (Å²) in [5, 5.41) is 0. The third kappa shape index (κ3) is 6.32. The number of esters is 2. The number of hydrogen-bond acceptors (Lipinski definition) is 7. The molecule has 0 aliphatic heterocycles. The van der Waals surface area contributed by atoms with Crippen molar-refractivity contribution in [2.24, 2.45) is 4.99 Å². The molecule has 0 fully saturated rings. The maximum Gasteiger partial charge on any atom is 0.338 e. The number of benzene rings is 2. The van der Waals surface area contributed by atoms with Crippen molar-refractivity contribution < 1.29 is 28.6 Å². The monoisotopic (exact) mass is 484 g/mol. The van der Waals surface area contributed by atoms with Gasteiger partial charge in [-0.15, -0.1) is 0 Å². The average molecular weight is 485 g/mol. The van der Waals surface area contributed by atoms with Gasteiger partial charge in [0.05, 0.1) is 35.6 Å². The normalized spacial score (nSPS) is 11.4. The van der Waals surface area contributed by atoms with Gasteiger partial charge in [-0.1, -0.05) is 24.7 Å². The molecule has 0 unspecified atom stereocenters. The number of hydrogen-bond donors (Lipinski definition) is 0. The van der Waals surface area contributed by atoms with Gasteiger partial charge in [0.15, 0.2) is 4.80 Å². The van der Waals surface area contributed by atoms with Crippen LogP contribution in [0.2, 0.25) is 0 Å². The summed E-state index contributed by atoms with van der Waals surface area (Å²) in [6, 6.07) is 11.8. The Balaban J connectivity index is 1.96. The van der Waals surface area contributed by atoms with E-state index in [2.05, 4.69) is 11.9 Å². The lowest BCUT2D eigenvalue weighted by molar-refractivity contribution is -0.143. The Labute approximate surface area is 201 Å². The van der Waals surface area contributed by atoms with E-state index in [1.807, 2.05) is 0 Å².